The molecule has 0 radical (unpaired) electrons. The Kier molecular flexibility index (Phi) is 7.91. The van der Waals surface area contributed by atoms with E-state index in [0.717, 1.165) is 22.9 Å². The molecule has 0 spiro atoms. The van der Waals surface area contributed by atoms with Gasteiger partial charge in [0.15, 0.2) is 5.60 Å². The van der Waals surface area contributed by atoms with Gasteiger partial charge in [-0.1, -0.05) is 24.3 Å². The molecule has 1 amide bonds. The van der Waals surface area contributed by atoms with Crippen molar-refractivity contribution in [3.05, 3.63) is 83.4 Å². The lowest BCUT2D eigenvalue weighted by molar-refractivity contribution is -0.138. The largest absolute Gasteiger partial charge is 0.417 e. The summed E-state index contributed by atoms with van der Waals surface area (Å²) in [6, 6.07) is 21.9. The molecule has 1 fully saturated rings. The number of halogens is 3. The molecular weight excluding hydrogens is 507 g/mol. The molecule has 200 valence electrons. The SMILES string of the molecule is CC(O)(CN1CCN(c2ccc(-c3cccc(C#N)c3)cc2)CC1)C(=O)Nc1ccc(C#N)c(C(F)(F)F)c1. The number of nitriles is 2. The Morgan fingerprint density at radius 2 is 1.64 bits per heavy atom. The molecule has 0 saturated carbocycles. The second-order valence-electron chi connectivity index (χ2n) is 9.60. The van der Waals surface area contributed by atoms with Gasteiger partial charge in [0.2, 0.25) is 0 Å². The number of carbonyl (C=O) groups is 1. The molecule has 0 aliphatic carbocycles. The summed E-state index contributed by atoms with van der Waals surface area (Å²) in [5, 5.41) is 31.2. The van der Waals surface area contributed by atoms with Gasteiger partial charge in [-0.05, 0) is 60.5 Å². The molecule has 0 aromatic heterocycles. The van der Waals surface area contributed by atoms with Crippen molar-refractivity contribution in [2.45, 2.75) is 18.7 Å². The van der Waals surface area contributed by atoms with Gasteiger partial charge >= 0.3 is 6.18 Å². The first-order chi connectivity index (χ1) is 18.5. The fraction of sp³-hybridized carbons (Fsp3) is 0.276. The zero-order valence-electron chi connectivity index (χ0n) is 21.2. The minimum Gasteiger partial charge on any atom is -0.379 e. The van der Waals surface area contributed by atoms with E-state index in [2.05, 4.69) is 16.3 Å². The first-order valence-corrected chi connectivity index (χ1v) is 12.2. The average Bonchev–Trinajstić information content (AvgIpc) is 2.93. The van der Waals surface area contributed by atoms with E-state index in [1.807, 2.05) is 47.4 Å². The van der Waals surface area contributed by atoms with Crippen LogP contribution >= 0.6 is 0 Å². The van der Waals surface area contributed by atoms with Crippen LogP contribution in [0.5, 0.6) is 0 Å². The summed E-state index contributed by atoms with van der Waals surface area (Å²) in [6.45, 7) is 3.79. The standard InChI is InChI=1S/C29H26F3N5O2/c1-28(39,27(38)35-24-8-5-23(18-34)26(16-24)29(30,31)32)19-36-11-13-37(14-12-36)25-9-6-21(7-10-25)22-4-2-3-20(15-22)17-33/h2-10,15-16,39H,11-14,19H2,1H3,(H,35,38). The monoisotopic (exact) mass is 533 g/mol. The topological polar surface area (TPSA) is 103 Å². The molecule has 1 aliphatic rings. The van der Waals surface area contributed by atoms with Gasteiger partial charge < -0.3 is 15.3 Å². The van der Waals surface area contributed by atoms with Crippen LogP contribution in [0.3, 0.4) is 0 Å². The van der Waals surface area contributed by atoms with Gasteiger partial charge in [-0.25, -0.2) is 0 Å². The lowest BCUT2D eigenvalue weighted by Crippen LogP contribution is -2.54. The molecule has 39 heavy (non-hydrogen) atoms. The third-order valence-electron chi connectivity index (χ3n) is 6.65. The van der Waals surface area contributed by atoms with Crippen molar-refractivity contribution in [2.24, 2.45) is 0 Å². The van der Waals surface area contributed by atoms with Gasteiger partial charge in [-0.15, -0.1) is 0 Å². The predicted molar refractivity (Wildman–Crippen MR) is 141 cm³/mol. The molecule has 7 nitrogen and oxygen atoms in total. The summed E-state index contributed by atoms with van der Waals surface area (Å²) < 4.78 is 39.7. The molecule has 1 aliphatic heterocycles. The number of aliphatic hydroxyl groups is 1. The number of hydrogen-bond acceptors (Lipinski definition) is 6. The quantitative estimate of drug-likeness (QED) is 0.479. The maximum absolute atomic E-state index is 13.2. The summed E-state index contributed by atoms with van der Waals surface area (Å²) in [5.41, 5.74) is -0.119. The molecule has 4 rings (SSSR count). The third-order valence-corrected chi connectivity index (χ3v) is 6.65. The van der Waals surface area contributed by atoms with Gasteiger partial charge in [0.1, 0.15) is 0 Å². The van der Waals surface area contributed by atoms with Crippen molar-refractivity contribution in [3.63, 3.8) is 0 Å². The number of benzene rings is 3. The van der Waals surface area contributed by atoms with E-state index >= 15 is 0 Å². The summed E-state index contributed by atoms with van der Waals surface area (Å²) >= 11 is 0. The molecule has 2 N–H and O–H groups in total. The van der Waals surface area contributed by atoms with Crippen LogP contribution in [-0.4, -0.2) is 54.2 Å². The number of hydrogen-bond donors (Lipinski definition) is 2. The van der Waals surface area contributed by atoms with Crippen LogP contribution in [0.4, 0.5) is 24.5 Å². The lowest BCUT2D eigenvalue weighted by Gasteiger charge is -2.38. The van der Waals surface area contributed by atoms with Gasteiger partial charge in [-0.3, -0.25) is 9.69 Å². The minimum atomic E-state index is -4.75. The molecule has 3 aromatic rings. The van der Waals surface area contributed by atoms with E-state index in [9.17, 15) is 23.1 Å². The van der Waals surface area contributed by atoms with Crippen LogP contribution in [0.15, 0.2) is 66.7 Å². The highest BCUT2D eigenvalue weighted by molar-refractivity contribution is 5.97. The molecule has 1 atom stereocenters. The average molecular weight is 534 g/mol. The van der Waals surface area contributed by atoms with E-state index in [1.165, 1.54) is 19.1 Å². The Labute approximate surface area is 224 Å². The highest BCUT2D eigenvalue weighted by Crippen LogP contribution is 2.34. The summed E-state index contributed by atoms with van der Waals surface area (Å²) in [6.07, 6.45) is -4.75. The number of amides is 1. The first-order valence-electron chi connectivity index (χ1n) is 12.2. The number of alkyl halides is 3. The number of anilines is 2. The molecule has 1 unspecified atom stereocenters. The lowest BCUT2D eigenvalue weighted by atomic mass is 10.0. The van der Waals surface area contributed by atoms with Crippen molar-refractivity contribution in [1.82, 2.24) is 4.90 Å². The number of carbonyl (C=O) groups excluding carboxylic acids is 1. The Morgan fingerprint density at radius 3 is 2.26 bits per heavy atom. The second kappa shape index (κ2) is 11.2. The zero-order chi connectivity index (χ0) is 28.2. The first kappa shape index (κ1) is 27.6. The molecular formula is C29H26F3N5O2. The van der Waals surface area contributed by atoms with Crippen LogP contribution < -0.4 is 10.2 Å². The molecule has 10 heteroatoms. The number of nitrogens with zero attached hydrogens (tertiary/aromatic N) is 4. The Bertz CT molecular complexity index is 1430. The van der Waals surface area contributed by atoms with Crippen molar-refractivity contribution >= 4 is 17.3 Å². The molecule has 1 saturated heterocycles. The number of β-amino-alcohol motifs (C(OH)–C–C–N with tert-alkyl or cyclic N) is 1. The van der Waals surface area contributed by atoms with Crippen LogP contribution in [-0.2, 0) is 11.0 Å². The smallest absolute Gasteiger partial charge is 0.379 e. The van der Waals surface area contributed by atoms with Crippen molar-refractivity contribution < 1.29 is 23.1 Å². The molecule has 3 aromatic carbocycles. The van der Waals surface area contributed by atoms with Crippen LogP contribution in [0.25, 0.3) is 11.1 Å². The number of piperazine rings is 1. The van der Waals surface area contributed by atoms with Crippen LogP contribution in [0, 0.1) is 22.7 Å². The Balaban J connectivity index is 1.34. The maximum Gasteiger partial charge on any atom is 0.417 e. The third kappa shape index (κ3) is 6.55. The molecule has 1 heterocycles. The number of nitrogens with one attached hydrogen (secondary N) is 1. The number of rotatable bonds is 6. The molecule has 0 bridgehead atoms. The van der Waals surface area contributed by atoms with Gasteiger partial charge in [0.25, 0.3) is 5.91 Å². The Morgan fingerprint density at radius 1 is 0.949 bits per heavy atom. The van der Waals surface area contributed by atoms with Crippen molar-refractivity contribution in [1.29, 1.82) is 10.5 Å². The van der Waals surface area contributed by atoms with E-state index in [1.54, 1.807) is 6.07 Å². The minimum absolute atomic E-state index is 0.00323. The van der Waals surface area contributed by atoms with Crippen LogP contribution in [0.1, 0.15) is 23.6 Å². The Hall–Kier alpha value is -4.38. The highest BCUT2D eigenvalue weighted by Gasteiger charge is 2.36. The van der Waals surface area contributed by atoms with E-state index < -0.39 is 28.8 Å². The fourth-order valence-corrected chi connectivity index (χ4v) is 4.52. The van der Waals surface area contributed by atoms with Gasteiger partial charge in [-0.2, -0.15) is 23.7 Å². The van der Waals surface area contributed by atoms with Crippen molar-refractivity contribution in [2.75, 3.05) is 42.9 Å². The van der Waals surface area contributed by atoms with Gasteiger partial charge in [0.05, 0.1) is 28.8 Å². The summed E-state index contributed by atoms with van der Waals surface area (Å²) in [4.78, 5) is 16.9. The maximum atomic E-state index is 13.2. The van der Waals surface area contributed by atoms with Crippen LogP contribution in [0.2, 0.25) is 0 Å². The summed E-state index contributed by atoms with van der Waals surface area (Å²) in [5.74, 6) is -0.834. The normalized spacial score (nSPS) is 15.6. The van der Waals surface area contributed by atoms with Crippen molar-refractivity contribution in [3.8, 4) is 23.3 Å². The van der Waals surface area contributed by atoms with Gasteiger partial charge in [0, 0.05) is 44.1 Å². The van der Waals surface area contributed by atoms with E-state index in [-0.39, 0.29) is 12.2 Å². The predicted octanol–water partition coefficient (Wildman–Crippen LogP) is 4.63. The zero-order valence-corrected chi connectivity index (χ0v) is 21.2. The fourth-order valence-electron chi connectivity index (χ4n) is 4.52. The highest BCUT2D eigenvalue weighted by atomic mass is 19.4. The van der Waals surface area contributed by atoms with E-state index in [0.29, 0.717) is 37.8 Å². The van der Waals surface area contributed by atoms with E-state index in [4.69, 9.17) is 10.5 Å². The second-order valence-corrected chi connectivity index (χ2v) is 9.60. The summed E-state index contributed by atoms with van der Waals surface area (Å²) in [7, 11) is 0.